The molecule has 2 aromatic rings. The van der Waals surface area contributed by atoms with Gasteiger partial charge in [0.05, 0.1) is 9.88 Å². The van der Waals surface area contributed by atoms with Crippen molar-refractivity contribution in [3.05, 3.63) is 41.0 Å². The Morgan fingerprint density at radius 2 is 2.05 bits per heavy atom. The predicted molar refractivity (Wildman–Crippen MR) is 84.9 cm³/mol. The molecular formula is C17H19NO2S. The number of hydrogen-bond donors (Lipinski definition) is 1. The van der Waals surface area contributed by atoms with Crippen molar-refractivity contribution in [2.24, 2.45) is 5.92 Å². The van der Waals surface area contributed by atoms with Crippen molar-refractivity contribution >= 4 is 17.3 Å². The monoisotopic (exact) mass is 301 g/mol. The van der Waals surface area contributed by atoms with Gasteiger partial charge in [0.1, 0.15) is 0 Å². The number of carboxylic acid groups (broad SMARTS) is 1. The number of thiazole rings is 1. The quantitative estimate of drug-likeness (QED) is 0.885. The van der Waals surface area contributed by atoms with Crippen LogP contribution in [0.15, 0.2) is 30.3 Å². The van der Waals surface area contributed by atoms with E-state index in [4.69, 9.17) is 0 Å². The van der Waals surface area contributed by atoms with Gasteiger partial charge in [-0.05, 0) is 24.3 Å². The summed E-state index contributed by atoms with van der Waals surface area (Å²) in [5.74, 6) is 0.204. The number of rotatable bonds is 3. The van der Waals surface area contributed by atoms with Gasteiger partial charge in [0.25, 0.3) is 0 Å². The topological polar surface area (TPSA) is 50.2 Å². The van der Waals surface area contributed by atoms with Crippen LogP contribution in [0.25, 0.3) is 10.4 Å². The molecule has 0 aliphatic heterocycles. The van der Waals surface area contributed by atoms with Crippen LogP contribution in [0.2, 0.25) is 0 Å². The van der Waals surface area contributed by atoms with Crippen LogP contribution in [0, 0.1) is 5.92 Å². The first kappa shape index (κ1) is 14.3. The van der Waals surface area contributed by atoms with E-state index in [0.29, 0.717) is 11.8 Å². The highest BCUT2D eigenvalue weighted by Gasteiger charge is 2.26. The summed E-state index contributed by atoms with van der Waals surface area (Å²) in [6.45, 7) is 2.27. The van der Waals surface area contributed by atoms with Crippen LogP contribution in [0.4, 0.5) is 0 Å². The predicted octanol–water partition coefficient (Wildman–Crippen LogP) is 4.80. The molecule has 4 heteroatoms. The lowest BCUT2D eigenvalue weighted by molar-refractivity contribution is 0.0692. The van der Waals surface area contributed by atoms with Gasteiger partial charge in [-0.3, -0.25) is 0 Å². The molecule has 3 rings (SSSR count). The highest BCUT2D eigenvalue weighted by molar-refractivity contribution is 7.15. The lowest BCUT2D eigenvalue weighted by Crippen LogP contribution is -2.11. The molecule has 21 heavy (non-hydrogen) atoms. The number of nitrogens with zero attached hydrogens (tertiary/aromatic N) is 1. The summed E-state index contributed by atoms with van der Waals surface area (Å²) in [6, 6.07) is 9.71. The van der Waals surface area contributed by atoms with Crippen molar-refractivity contribution in [2.45, 2.75) is 38.5 Å². The lowest BCUT2D eigenvalue weighted by Gasteiger charge is -2.24. The molecule has 0 saturated heterocycles. The third kappa shape index (κ3) is 3.00. The Morgan fingerprint density at radius 1 is 1.29 bits per heavy atom. The molecule has 1 aromatic carbocycles. The Kier molecular flexibility index (Phi) is 4.06. The minimum Gasteiger partial charge on any atom is -0.476 e. The number of hydrogen-bond acceptors (Lipinski definition) is 3. The van der Waals surface area contributed by atoms with Gasteiger partial charge in [-0.15, -0.1) is 11.3 Å². The fourth-order valence-corrected chi connectivity index (χ4v) is 4.31. The van der Waals surface area contributed by atoms with Crippen LogP contribution in [-0.2, 0) is 0 Å². The summed E-state index contributed by atoms with van der Waals surface area (Å²) in [6.07, 6.45) is 4.75. The molecule has 1 aliphatic rings. The second-order valence-electron chi connectivity index (χ2n) is 5.87. The van der Waals surface area contributed by atoms with Crippen molar-refractivity contribution in [1.29, 1.82) is 0 Å². The molecule has 2 atom stereocenters. The van der Waals surface area contributed by atoms with E-state index in [2.05, 4.69) is 11.9 Å². The molecule has 1 saturated carbocycles. The van der Waals surface area contributed by atoms with E-state index in [1.807, 2.05) is 30.3 Å². The minimum atomic E-state index is -0.930. The molecular weight excluding hydrogens is 282 g/mol. The van der Waals surface area contributed by atoms with Crippen molar-refractivity contribution in [3.8, 4) is 10.4 Å². The number of carbonyl (C=O) groups is 1. The van der Waals surface area contributed by atoms with E-state index in [9.17, 15) is 9.90 Å². The summed E-state index contributed by atoms with van der Waals surface area (Å²) in [7, 11) is 0. The highest BCUT2D eigenvalue weighted by Crippen LogP contribution is 2.41. The lowest BCUT2D eigenvalue weighted by atomic mass is 9.83. The Bertz CT molecular complexity index is 635. The summed E-state index contributed by atoms with van der Waals surface area (Å²) < 4.78 is 0. The van der Waals surface area contributed by atoms with Crippen LogP contribution >= 0.6 is 11.3 Å². The largest absolute Gasteiger partial charge is 0.476 e. The van der Waals surface area contributed by atoms with Crippen molar-refractivity contribution in [2.75, 3.05) is 0 Å². The maximum atomic E-state index is 11.5. The molecule has 0 radical (unpaired) electrons. The maximum Gasteiger partial charge on any atom is 0.356 e. The van der Waals surface area contributed by atoms with Crippen LogP contribution < -0.4 is 0 Å². The van der Waals surface area contributed by atoms with Gasteiger partial charge in [-0.2, -0.15) is 0 Å². The smallest absolute Gasteiger partial charge is 0.356 e. The summed E-state index contributed by atoms with van der Waals surface area (Å²) >= 11 is 1.56. The maximum absolute atomic E-state index is 11.5. The molecule has 1 aromatic heterocycles. The third-order valence-corrected chi connectivity index (χ3v) is 5.43. The first-order valence-electron chi connectivity index (χ1n) is 7.44. The summed E-state index contributed by atoms with van der Waals surface area (Å²) in [4.78, 5) is 16.8. The summed E-state index contributed by atoms with van der Waals surface area (Å²) in [5, 5.41) is 10.4. The van der Waals surface area contributed by atoms with Crippen molar-refractivity contribution in [3.63, 3.8) is 0 Å². The minimum absolute atomic E-state index is 0.208. The fourth-order valence-electron chi connectivity index (χ4n) is 3.10. The average Bonchev–Trinajstić information content (AvgIpc) is 2.93. The van der Waals surface area contributed by atoms with E-state index in [1.165, 1.54) is 12.8 Å². The van der Waals surface area contributed by atoms with Gasteiger partial charge in [0.2, 0.25) is 0 Å². The zero-order chi connectivity index (χ0) is 14.8. The van der Waals surface area contributed by atoms with Gasteiger partial charge >= 0.3 is 5.97 Å². The van der Waals surface area contributed by atoms with Crippen molar-refractivity contribution < 1.29 is 9.90 Å². The Morgan fingerprint density at radius 3 is 2.71 bits per heavy atom. The zero-order valence-corrected chi connectivity index (χ0v) is 12.9. The standard InChI is InChI=1S/C17H19NO2S/c1-11-6-5-9-13(10-11)16-18-14(17(19)20)15(21-16)12-7-3-2-4-8-12/h2-4,7-8,11,13H,5-6,9-10H2,1H3,(H,19,20). The fraction of sp³-hybridized carbons (Fsp3) is 0.412. The van der Waals surface area contributed by atoms with Gasteiger partial charge in [0.15, 0.2) is 5.69 Å². The van der Waals surface area contributed by atoms with Crippen LogP contribution in [0.1, 0.15) is 54.0 Å². The van der Waals surface area contributed by atoms with E-state index in [-0.39, 0.29) is 5.69 Å². The molecule has 1 heterocycles. The van der Waals surface area contributed by atoms with Crippen molar-refractivity contribution in [1.82, 2.24) is 4.98 Å². The SMILES string of the molecule is CC1CCCC(c2nc(C(=O)O)c(-c3ccccc3)s2)C1. The first-order chi connectivity index (χ1) is 10.1. The van der Waals surface area contributed by atoms with Gasteiger partial charge in [-0.25, -0.2) is 9.78 Å². The Balaban J connectivity index is 1.99. The second kappa shape index (κ2) is 5.98. The number of carboxylic acids is 1. The molecule has 0 amide bonds. The molecule has 2 unspecified atom stereocenters. The molecule has 0 spiro atoms. The van der Waals surface area contributed by atoms with Gasteiger partial charge in [-0.1, -0.05) is 50.1 Å². The molecule has 1 aliphatic carbocycles. The third-order valence-electron chi connectivity index (χ3n) is 4.17. The molecule has 110 valence electrons. The Labute approximate surface area is 128 Å². The van der Waals surface area contributed by atoms with E-state index in [0.717, 1.165) is 28.3 Å². The zero-order valence-electron chi connectivity index (χ0n) is 12.1. The molecule has 0 bridgehead atoms. The number of aromatic carboxylic acids is 1. The van der Waals surface area contributed by atoms with Crippen LogP contribution in [0.5, 0.6) is 0 Å². The van der Waals surface area contributed by atoms with E-state index < -0.39 is 5.97 Å². The van der Waals surface area contributed by atoms with Crippen LogP contribution in [-0.4, -0.2) is 16.1 Å². The van der Waals surface area contributed by atoms with E-state index in [1.54, 1.807) is 11.3 Å². The van der Waals surface area contributed by atoms with Gasteiger partial charge in [0, 0.05) is 5.92 Å². The van der Waals surface area contributed by atoms with E-state index >= 15 is 0 Å². The Hall–Kier alpha value is -1.68. The highest BCUT2D eigenvalue weighted by atomic mass is 32.1. The van der Waals surface area contributed by atoms with Crippen LogP contribution in [0.3, 0.4) is 0 Å². The average molecular weight is 301 g/mol. The number of aromatic nitrogens is 1. The normalized spacial score (nSPS) is 22.1. The molecule has 3 nitrogen and oxygen atoms in total. The second-order valence-corrected chi connectivity index (χ2v) is 6.90. The number of benzene rings is 1. The summed E-state index contributed by atoms with van der Waals surface area (Å²) in [5.41, 5.74) is 1.15. The molecule has 1 N–H and O–H groups in total. The van der Waals surface area contributed by atoms with Gasteiger partial charge < -0.3 is 5.11 Å². The first-order valence-corrected chi connectivity index (χ1v) is 8.26. The molecule has 1 fully saturated rings.